The standard InChI is InChI=1S/C13H19NO4/c1-8-6-13(18-12(8)17)5-4-11(16)14-9(7-15)2-3-10(13)14/h8-10,15H,2-7H2,1H3/t8-,9+,10+,13+/m1/s1. The highest BCUT2D eigenvalue weighted by atomic mass is 16.6. The molecule has 0 aliphatic carbocycles. The van der Waals surface area contributed by atoms with Crippen molar-refractivity contribution in [2.24, 2.45) is 5.92 Å². The highest BCUT2D eigenvalue weighted by Crippen LogP contribution is 2.47. The Morgan fingerprint density at radius 1 is 1.44 bits per heavy atom. The van der Waals surface area contributed by atoms with Gasteiger partial charge in [0.15, 0.2) is 0 Å². The summed E-state index contributed by atoms with van der Waals surface area (Å²) in [7, 11) is 0. The molecule has 4 atom stereocenters. The zero-order chi connectivity index (χ0) is 12.9. The average Bonchev–Trinajstić information content (AvgIpc) is 2.89. The molecule has 18 heavy (non-hydrogen) atoms. The topological polar surface area (TPSA) is 66.8 Å². The number of carbonyl (C=O) groups excluding carboxylic acids is 2. The molecule has 3 saturated heterocycles. The number of ether oxygens (including phenoxy) is 1. The zero-order valence-corrected chi connectivity index (χ0v) is 10.6. The van der Waals surface area contributed by atoms with Crippen LogP contribution in [-0.4, -0.2) is 46.2 Å². The molecule has 5 nitrogen and oxygen atoms in total. The van der Waals surface area contributed by atoms with Crippen LogP contribution in [0.1, 0.15) is 39.0 Å². The number of aliphatic hydroxyl groups excluding tert-OH is 1. The van der Waals surface area contributed by atoms with E-state index in [4.69, 9.17) is 4.74 Å². The van der Waals surface area contributed by atoms with Gasteiger partial charge in [-0.05, 0) is 19.3 Å². The summed E-state index contributed by atoms with van der Waals surface area (Å²) >= 11 is 0. The van der Waals surface area contributed by atoms with Gasteiger partial charge in [0.05, 0.1) is 24.6 Å². The zero-order valence-electron chi connectivity index (χ0n) is 10.6. The molecule has 100 valence electrons. The number of nitrogens with zero attached hydrogens (tertiary/aromatic N) is 1. The number of piperidine rings is 1. The van der Waals surface area contributed by atoms with E-state index in [0.29, 0.717) is 19.3 Å². The van der Waals surface area contributed by atoms with Gasteiger partial charge < -0.3 is 14.7 Å². The first-order valence-electron chi connectivity index (χ1n) is 6.72. The summed E-state index contributed by atoms with van der Waals surface area (Å²) in [6.07, 6.45) is 3.41. The Balaban J connectivity index is 1.90. The van der Waals surface area contributed by atoms with Gasteiger partial charge in [0.25, 0.3) is 0 Å². The summed E-state index contributed by atoms with van der Waals surface area (Å²) in [5.74, 6) is -0.122. The quantitative estimate of drug-likeness (QED) is 0.689. The van der Waals surface area contributed by atoms with Crippen LogP contribution in [0.5, 0.6) is 0 Å². The first-order valence-corrected chi connectivity index (χ1v) is 6.72. The summed E-state index contributed by atoms with van der Waals surface area (Å²) < 4.78 is 5.64. The van der Waals surface area contributed by atoms with Crippen LogP contribution in [0.4, 0.5) is 0 Å². The molecular formula is C13H19NO4. The van der Waals surface area contributed by atoms with Crippen molar-refractivity contribution in [3.63, 3.8) is 0 Å². The van der Waals surface area contributed by atoms with Crippen molar-refractivity contribution in [1.82, 2.24) is 4.90 Å². The molecule has 0 saturated carbocycles. The number of amides is 1. The molecular weight excluding hydrogens is 234 g/mol. The number of hydrogen-bond acceptors (Lipinski definition) is 4. The average molecular weight is 253 g/mol. The smallest absolute Gasteiger partial charge is 0.309 e. The Labute approximate surface area is 106 Å². The number of rotatable bonds is 1. The fraction of sp³-hybridized carbons (Fsp3) is 0.846. The minimum atomic E-state index is -0.478. The molecule has 3 rings (SSSR count). The normalized spacial score (nSPS) is 43.4. The summed E-state index contributed by atoms with van der Waals surface area (Å²) in [4.78, 5) is 25.5. The van der Waals surface area contributed by atoms with Gasteiger partial charge in [0.2, 0.25) is 5.91 Å². The van der Waals surface area contributed by atoms with Gasteiger partial charge >= 0.3 is 5.97 Å². The summed E-state index contributed by atoms with van der Waals surface area (Å²) in [5, 5.41) is 9.36. The van der Waals surface area contributed by atoms with Crippen LogP contribution < -0.4 is 0 Å². The minimum absolute atomic E-state index is 0.00181. The van der Waals surface area contributed by atoms with E-state index >= 15 is 0 Å². The number of esters is 1. The molecule has 0 bridgehead atoms. The van der Waals surface area contributed by atoms with Crippen LogP contribution in [0.15, 0.2) is 0 Å². The molecule has 3 aliphatic rings. The first kappa shape index (κ1) is 12.0. The Morgan fingerprint density at radius 3 is 2.83 bits per heavy atom. The van der Waals surface area contributed by atoms with Crippen LogP contribution in [0.2, 0.25) is 0 Å². The van der Waals surface area contributed by atoms with Gasteiger partial charge in [0, 0.05) is 12.8 Å². The molecule has 3 heterocycles. The number of hydrogen-bond donors (Lipinski definition) is 1. The van der Waals surface area contributed by atoms with Crippen molar-refractivity contribution in [3.8, 4) is 0 Å². The van der Waals surface area contributed by atoms with E-state index < -0.39 is 5.60 Å². The van der Waals surface area contributed by atoms with Gasteiger partial charge in [0.1, 0.15) is 5.60 Å². The Kier molecular flexibility index (Phi) is 2.62. The van der Waals surface area contributed by atoms with E-state index in [0.717, 1.165) is 12.8 Å². The Hall–Kier alpha value is -1.10. The Morgan fingerprint density at radius 2 is 2.22 bits per heavy atom. The summed E-state index contributed by atoms with van der Waals surface area (Å²) in [5.41, 5.74) is -0.478. The van der Waals surface area contributed by atoms with Gasteiger partial charge in [-0.15, -0.1) is 0 Å². The summed E-state index contributed by atoms with van der Waals surface area (Å²) in [6.45, 7) is 1.89. The third kappa shape index (κ3) is 1.49. The molecule has 0 radical (unpaired) electrons. The SMILES string of the molecule is C[C@@H]1C[C@]2(CCC(=O)N3[C@H](CO)CC[C@H]32)OC1=O. The molecule has 1 N–H and O–H groups in total. The second-order valence-electron chi connectivity index (χ2n) is 5.82. The minimum Gasteiger partial charge on any atom is -0.457 e. The number of aliphatic hydroxyl groups is 1. The molecule has 3 aliphatic heterocycles. The predicted octanol–water partition coefficient (Wildman–Crippen LogP) is 0.454. The number of fused-ring (bicyclic) bond motifs is 2. The second kappa shape index (κ2) is 3.95. The third-order valence-electron chi connectivity index (χ3n) is 4.73. The van der Waals surface area contributed by atoms with Crippen molar-refractivity contribution >= 4 is 11.9 Å². The van der Waals surface area contributed by atoms with Crippen molar-refractivity contribution in [1.29, 1.82) is 0 Å². The lowest BCUT2D eigenvalue weighted by Crippen LogP contribution is -2.58. The fourth-order valence-electron chi connectivity index (χ4n) is 3.87. The molecule has 0 unspecified atom stereocenters. The van der Waals surface area contributed by atoms with Crippen LogP contribution >= 0.6 is 0 Å². The van der Waals surface area contributed by atoms with E-state index in [-0.39, 0.29) is 36.5 Å². The molecule has 0 aromatic heterocycles. The monoisotopic (exact) mass is 253 g/mol. The lowest BCUT2D eigenvalue weighted by Gasteiger charge is -2.44. The largest absolute Gasteiger partial charge is 0.457 e. The van der Waals surface area contributed by atoms with Crippen molar-refractivity contribution in [2.45, 2.75) is 56.7 Å². The molecule has 1 spiro atoms. The van der Waals surface area contributed by atoms with E-state index in [1.54, 1.807) is 4.90 Å². The lowest BCUT2D eigenvalue weighted by atomic mass is 9.80. The van der Waals surface area contributed by atoms with Gasteiger partial charge in [-0.2, -0.15) is 0 Å². The van der Waals surface area contributed by atoms with Crippen LogP contribution in [0, 0.1) is 5.92 Å². The predicted molar refractivity (Wildman–Crippen MR) is 62.6 cm³/mol. The molecule has 0 aromatic rings. The number of carbonyl (C=O) groups is 2. The molecule has 5 heteroatoms. The van der Waals surface area contributed by atoms with Crippen LogP contribution in [0.25, 0.3) is 0 Å². The van der Waals surface area contributed by atoms with E-state index in [9.17, 15) is 14.7 Å². The maximum Gasteiger partial charge on any atom is 0.309 e. The van der Waals surface area contributed by atoms with Crippen LogP contribution in [0.3, 0.4) is 0 Å². The highest BCUT2D eigenvalue weighted by molar-refractivity contribution is 5.80. The van der Waals surface area contributed by atoms with Gasteiger partial charge in [-0.3, -0.25) is 9.59 Å². The first-order chi connectivity index (χ1) is 8.57. The maximum atomic E-state index is 12.0. The van der Waals surface area contributed by atoms with E-state index in [1.807, 2.05) is 6.92 Å². The Bertz CT molecular complexity index is 396. The second-order valence-corrected chi connectivity index (χ2v) is 5.82. The molecule has 1 amide bonds. The van der Waals surface area contributed by atoms with E-state index in [2.05, 4.69) is 0 Å². The van der Waals surface area contributed by atoms with Crippen molar-refractivity contribution in [2.75, 3.05) is 6.61 Å². The van der Waals surface area contributed by atoms with Gasteiger partial charge in [-0.25, -0.2) is 0 Å². The molecule has 0 aromatic carbocycles. The third-order valence-corrected chi connectivity index (χ3v) is 4.73. The van der Waals surface area contributed by atoms with Crippen LogP contribution in [-0.2, 0) is 14.3 Å². The molecule has 3 fully saturated rings. The highest BCUT2D eigenvalue weighted by Gasteiger charge is 2.58. The summed E-state index contributed by atoms with van der Waals surface area (Å²) in [6, 6.07) is -0.112. The lowest BCUT2D eigenvalue weighted by molar-refractivity contribution is -0.168. The van der Waals surface area contributed by atoms with Crippen molar-refractivity contribution in [3.05, 3.63) is 0 Å². The maximum absolute atomic E-state index is 12.0. The van der Waals surface area contributed by atoms with Gasteiger partial charge in [-0.1, -0.05) is 6.92 Å². The fourth-order valence-corrected chi connectivity index (χ4v) is 3.87. The van der Waals surface area contributed by atoms with E-state index in [1.165, 1.54) is 0 Å². The van der Waals surface area contributed by atoms with Crippen molar-refractivity contribution < 1.29 is 19.4 Å².